The fraction of sp³-hybridized carbons (Fsp3) is 0.946. The molecule has 0 bridgehead atoms. The summed E-state index contributed by atoms with van der Waals surface area (Å²) in [4.78, 5) is 26.0. The largest absolute Gasteiger partial charge is 0.314 e. The summed E-state index contributed by atoms with van der Waals surface area (Å²) >= 11 is 0. The maximum Gasteiger partial charge on any atom is 0.143 e. The molecule has 4 heteroatoms. The van der Waals surface area contributed by atoms with Gasteiger partial charge in [0.25, 0.3) is 0 Å². The summed E-state index contributed by atoms with van der Waals surface area (Å²) in [5.41, 5.74) is 0. The molecular formula is C37H73NO3. The summed E-state index contributed by atoms with van der Waals surface area (Å²) in [7, 11) is 0. The van der Waals surface area contributed by atoms with E-state index in [2.05, 4.69) is 13.8 Å². The average Bonchev–Trinajstić information content (AvgIpc) is 2.97. The van der Waals surface area contributed by atoms with Crippen LogP contribution in [0.25, 0.3) is 0 Å². The van der Waals surface area contributed by atoms with Crippen LogP contribution in [0.4, 0.5) is 0 Å². The Balaban J connectivity index is 3.99. The number of hydrogen-bond donors (Lipinski definition) is 1. The van der Waals surface area contributed by atoms with Crippen LogP contribution in [0.1, 0.15) is 207 Å². The molecule has 0 heterocycles. The van der Waals surface area contributed by atoms with Gasteiger partial charge in [0.2, 0.25) is 0 Å². The molecule has 0 saturated carbocycles. The molecule has 0 aromatic heterocycles. The standard InChI is InChI=1S/C37H73NO3/c1-4-7-9-11-13-15-17-19-21-23-25-27-29-31-36(39)35(33-34-38(41)6-3)37(40)32-30-28-26-24-22-20-18-16-14-12-10-8-5-2/h35,41H,4-34H2,1-3H3. The van der Waals surface area contributed by atoms with Gasteiger partial charge in [-0.3, -0.25) is 9.59 Å². The molecule has 0 aliphatic rings. The van der Waals surface area contributed by atoms with Crippen LogP contribution in [0, 0.1) is 5.92 Å². The first kappa shape index (κ1) is 40.3. The second-order valence-corrected chi connectivity index (χ2v) is 12.8. The Morgan fingerprint density at radius 2 is 0.732 bits per heavy atom. The van der Waals surface area contributed by atoms with Crippen LogP contribution in [0.3, 0.4) is 0 Å². The molecule has 0 fully saturated rings. The zero-order valence-corrected chi connectivity index (χ0v) is 28.2. The zero-order valence-electron chi connectivity index (χ0n) is 28.2. The summed E-state index contributed by atoms with van der Waals surface area (Å²) in [5.74, 6) is -0.305. The van der Waals surface area contributed by atoms with Gasteiger partial charge in [0.15, 0.2) is 0 Å². The van der Waals surface area contributed by atoms with Gasteiger partial charge in [0.1, 0.15) is 11.6 Å². The second-order valence-electron chi connectivity index (χ2n) is 12.8. The number of hydroxylamine groups is 2. The molecular weight excluding hydrogens is 506 g/mol. The van der Waals surface area contributed by atoms with Gasteiger partial charge in [-0.05, 0) is 19.3 Å². The lowest BCUT2D eigenvalue weighted by atomic mass is 9.89. The van der Waals surface area contributed by atoms with Gasteiger partial charge in [-0.2, -0.15) is 5.06 Å². The topological polar surface area (TPSA) is 57.6 Å². The molecule has 0 aromatic rings. The van der Waals surface area contributed by atoms with Crippen molar-refractivity contribution in [1.29, 1.82) is 0 Å². The normalized spacial score (nSPS) is 11.7. The van der Waals surface area contributed by atoms with E-state index in [1.165, 1.54) is 146 Å². The minimum atomic E-state index is -0.522. The molecule has 41 heavy (non-hydrogen) atoms. The predicted octanol–water partition coefficient (Wildman–Crippen LogP) is 11.8. The summed E-state index contributed by atoms with van der Waals surface area (Å²) < 4.78 is 0. The quantitative estimate of drug-likeness (QED) is 0.0468. The summed E-state index contributed by atoms with van der Waals surface area (Å²) in [6.07, 6.45) is 35.0. The second kappa shape index (κ2) is 32.2. The summed E-state index contributed by atoms with van der Waals surface area (Å²) in [5, 5.41) is 11.1. The lowest BCUT2D eigenvalue weighted by Gasteiger charge is -2.18. The van der Waals surface area contributed by atoms with Crippen molar-refractivity contribution in [3.05, 3.63) is 0 Å². The highest BCUT2D eigenvalue weighted by atomic mass is 16.5. The molecule has 1 N–H and O–H groups in total. The Kier molecular flexibility index (Phi) is 31.6. The molecule has 4 nitrogen and oxygen atoms in total. The van der Waals surface area contributed by atoms with Gasteiger partial charge in [0, 0.05) is 25.9 Å². The van der Waals surface area contributed by atoms with Crippen molar-refractivity contribution in [2.24, 2.45) is 5.92 Å². The Morgan fingerprint density at radius 3 is 1.00 bits per heavy atom. The van der Waals surface area contributed by atoms with Crippen molar-refractivity contribution >= 4 is 11.6 Å². The van der Waals surface area contributed by atoms with Crippen molar-refractivity contribution in [2.75, 3.05) is 13.1 Å². The van der Waals surface area contributed by atoms with E-state index in [9.17, 15) is 14.8 Å². The first-order chi connectivity index (χ1) is 20.1. The number of Topliss-reactive ketones (excluding diaryl/α,β-unsaturated/α-hetero) is 2. The molecule has 0 unspecified atom stereocenters. The van der Waals surface area contributed by atoms with Gasteiger partial charge in [0.05, 0.1) is 5.92 Å². The van der Waals surface area contributed by atoms with Gasteiger partial charge in [-0.15, -0.1) is 0 Å². The van der Waals surface area contributed by atoms with Crippen molar-refractivity contribution in [3.8, 4) is 0 Å². The van der Waals surface area contributed by atoms with Gasteiger partial charge >= 0.3 is 0 Å². The number of hydrogen-bond acceptors (Lipinski definition) is 4. The Bertz CT molecular complexity index is 522. The molecule has 0 amide bonds. The van der Waals surface area contributed by atoms with Crippen molar-refractivity contribution in [2.45, 2.75) is 207 Å². The van der Waals surface area contributed by atoms with Crippen molar-refractivity contribution < 1.29 is 14.8 Å². The fourth-order valence-electron chi connectivity index (χ4n) is 5.92. The Hall–Kier alpha value is -0.740. The molecule has 0 aliphatic heterocycles. The third-order valence-electron chi connectivity index (χ3n) is 8.87. The monoisotopic (exact) mass is 580 g/mol. The van der Waals surface area contributed by atoms with Crippen LogP contribution in [-0.4, -0.2) is 34.9 Å². The lowest BCUT2D eigenvalue weighted by molar-refractivity contribution is -0.135. The van der Waals surface area contributed by atoms with Crippen LogP contribution >= 0.6 is 0 Å². The summed E-state index contributed by atoms with van der Waals surface area (Å²) in [6.45, 7) is 7.35. The average molecular weight is 580 g/mol. The van der Waals surface area contributed by atoms with E-state index < -0.39 is 5.92 Å². The smallest absolute Gasteiger partial charge is 0.143 e. The highest BCUT2D eigenvalue weighted by Crippen LogP contribution is 2.19. The molecule has 244 valence electrons. The SMILES string of the molecule is CCCCCCCCCCCCCCCC(=O)C(CCN(O)CC)C(=O)CCCCCCCCCCCCCCC. The van der Waals surface area contributed by atoms with Gasteiger partial charge < -0.3 is 5.21 Å². The number of nitrogens with zero attached hydrogens (tertiary/aromatic N) is 1. The number of ketones is 2. The van der Waals surface area contributed by atoms with Crippen LogP contribution in [0.5, 0.6) is 0 Å². The van der Waals surface area contributed by atoms with E-state index in [1.807, 2.05) is 6.92 Å². The van der Waals surface area contributed by atoms with Crippen LogP contribution in [0.15, 0.2) is 0 Å². The number of carbonyl (C=O) groups is 2. The molecule has 0 atom stereocenters. The molecule has 0 saturated heterocycles. The molecule has 0 aliphatic carbocycles. The molecule has 0 radical (unpaired) electrons. The third-order valence-corrected chi connectivity index (χ3v) is 8.87. The van der Waals surface area contributed by atoms with E-state index in [1.54, 1.807) is 0 Å². The van der Waals surface area contributed by atoms with Gasteiger partial charge in [-0.1, -0.05) is 175 Å². The minimum absolute atomic E-state index is 0.109. The maximum atomic E-state index is 13.0. The van der Waals surface area contributed by atoms with E-state index in [4.69, 9.17) is 0 Å². The predicted molar refractivity (Wildman–Crippen MR) is 178 cm³/mol. The van der Waals surface area contributed by atoms with E-state index >= 15 is 0 Å². The number of rotatable bonds is 34. The zero-order chi connectivity index (χ0) is 30.2. The fourth-order valence-corrected chi connectivity index (χ4v) is 5.92. The summed E-state index contributed by atoms with van der Waals surface area (Å²) in [6, 6.07) is 0. The first-order valence-electron chi connectivity index (χ1n) is 18.6. The van der Waals surface area contributed by atoms with E-state index in [-0.39, 0.29) is 11.6 Å². The van der Waals surface area contributed by atoms with Crippen molar-refractivity contribution in [3.63, 3.8) is 0 Å². The van der Waals surface area contributed by atoms with Gasteiger partial charge in [-0.25, -0.2) is 0 Å². The Morgan fingerprint density at radius 1 is 0.463 bits per heavy atom. The maximum absolute atomic E-state index is 13.0. The molecule has 0 rings (SSSR count). The third kappa shape index (κ3) is 27.8. The van der Waals surface area contributed by atoms with Crippen molar-refractivity contribution in [1.82, 2.24) is 5.06 Å². The van der Waals surface area contributed by atoms with E-state index in [0.717, 1.165) is 25.7 Å². The molecule has 0 spiro atoms. The van der Waals surface area contributed by atoms with Crippen LogP contribution in [0.2, 0.25) is 0 Å². The minimum Gasteiger partial charge on any atom is -0.314 e. The highest BCUT2D eigenvalue weighted by molar-refractivity contribution is 6.02. The molecule has 0 aromatic carbocycles. The van der Waals surface area contributed by atoms with Crippen LogP contribution < -0.4 is 0 Å². The Labute approximate surface area is 257 Å². The number of carbonyl (C=O) groups excluding carboxylic acids is 2. The van der Waals surface area contributed by atoms with E-state index in [0.29, 0.717) is 32.4 Å². The number of unbranched alkanes of at least 4 members (excludes halogenated alkanes) is 24. The first-order valence-corrected chi connectivity index (χ1v) is 18.6. The van der Waals surface area contributed by atoms with Crippen LogP contribution in [-0.2, 0) is 9.59 Å². The lowest BCUT2D eigenvalue weighted by Crippen LogP contribution is -2.29. The highest BCUT2D eigenvalue weighted by Gasteiger charge is 2.25.